The number of nitrogens with zero attached hydrogens (tertiary/aromatic N) is 1. The van der Waals surface area contributed by atoms with E-state index in [4.69, 9.17) is 4.74 Å². The zero-order valence-electron chi connectivity index (χ0n) is 20.1. The maximum Gasteiger partial charge on any atom is 0.258 e. The number of anilines is 2. The van der Waals surface area contributed by atoms with Crippen LogP contribution in [-0.4, -0.2) is 18.9 Å². The third kappa shape index (κ3) is 5.76. The first-order valence-electron chi connectivity index (χ1n) is 11.4. The van der Waals surface area contributed by atoms with Gasteiger partial charge >= 0.3 is 0 Å². The van der Waals surface area contributed by atoms with Crippen molar-refractivity contribution in [1.82, 2.24) is 0 Å². The lowest BCUT2D eigenvalue weighted by atomic mass is 10.1. The molecule has 0 saturated carbocycles. The summed E-state index contributed by atoms with van der Waals surface area (Å²) in [5.74, 6) is 0.211. The van der Waals surface area contributed by atoms with Crippen LogP contribution < -0.4 is 15.0 Å². The van der Waals surface area contributed by atoms with Crippen molar-refractivity contribution in [3.8, 4) is 5.75 Å². The van der Waals surface area contributed by atoms with Crippen molar-refractivity contribution in [2.24, 2.45) is 0 Å². The van der Waals surface area contributed by atoms with E-state index in [1.807, 2.05) is 86.6 Å². The minimum Gasteiger partial charge on any atom is -0.487 e. The van der Waals surface area contributed by atoms with Gasteiger partial charge in [0.15, 0.2) is 0 Å². The van der Waals surface area contributed by atoms with E-state index < -0.39 is 0 Å². The molecule has 0 aliphatic rings. The predicted octanol–water partition coefficient (Wildman–Crippen LogP) is 6.41. The molecule has 35 heavy (non-hydrogen) atoms. The van der Waals surface area contributed by atoms with E-state index in [0.29, 0.717) is 29.2 Å². The van der Waals surface area contributed by atoms with Crippen LogP contribution in [0.2, 0.25) is 0 Å². The zero-order valence-corrected chi connectivity index (χ0v) is 20.1. The Kier molecular flexibility index (Phi) is 7.27. The fourth-order valence-electron chi connectivity index (χ4n) is 3.81. The standard InChI is InChI=1S/C30H28N2O3/c1-21-13-18-26(22(2)19-21)31-29(33)24-14-16-25(17-15-24)30(34)32(3)27-11-7-8-12-28(27)35-20-23-9-5-4-6-10-23/h4-19H,20H2,1-3H3,(H,31,33). The van der Waals surface area contributed by atoms with Crippen LogP contribution in [0.15, 0.2) is 97.1 Å². The summed E-state index contributed by atoms with van der Waals surface area (Å²) in [4.78, 5) is 27.4. The summed E-state index contributed by atoms with van der Waals surface area (Å²) in [6.07, 6.45) is 0. The molecule has 0 atom stereocenters. The molecule has 0 saturated heterocycles. The number of carbonyl (C=O) groups excluding carboxylic acids is 2. The molecule has 5 heteroatoms. The second-order valence-corrected chi connectivity index (χ2v) is 8.46. The van der Waals surface area contributed by atoms with E-state index in [1.165, 1.54) is 0 Å². The first-order chi connectivity index (χ1) is 16.9. The van der Waals surface area contributed by atoms with Crippen LogP contribution in [0.5, 0.6) is 5.75 Å². The van der Waals surface area contributed by atoms with Crippen molar-refractivity contribution < 1.29 is 14.3 Å². The van der Waals surface area contributed by atoms with Crippen molar-refractivity contribution in [3.05, 3.63) is 125 Å². The molecule has 1 N–H and O–H groups in total. The van der Waals surface area contributed by atoms with Gasteiger partial charge in [0, 0.05) is 23.9 Å². The van der Waals surface area contributed by atoms with E-state index in [1.54, 1.807) is 36.2 Å². The minimum atomic E-state index is -0.219. The molecule has 0 unspecified atom stereocenters. The van der Waals surface area contributed by atoms with Crippen molar-refractivity contribution in [1.29, 1.82) is 0 Å². The van der Waals surface area contributed by atoms with Gasteiger partial charge in [0.25, 0.3) is 11.8 Å². The number of carbonyl (C=O) groups is 2. The summed E-state index contributed by atoms with van der Waals surface area (Å²) >= 11 is 0. The molecule has 5 nitrogen and oxygen atoms in total. The number of amides is 2. The number of hydrogen-bond acceptors (Lipinski definition) is 3. The van der Waals surface area contributed by atoms with Crippen LogP contribution in [0.1, 0.15) is 37.4 Å². The van der Waals surface area contributed by atoms with E-state index in [2.05, 4.69) is 5.32 Å². The Morgan fingerprint density at radius 2 is 1.46 bits per heavy atom. The lowest BCUT2D eigenvalue weighted by Gasteiger charge is -2.21. The van der Waals surface area contributed by atoms with Gasteiger partial charge in [0.1, 0.15) is 12.4 Å². The third-order valence-electron chi connectivity index (χ3n) is 5.79. The molecule has 0 aliphatic heterocycles. The van der Waals surface area contributed by atoms with Crippen molar-refractivity contribution in [3.63, 3.8) is 0 Å². The highest BCUT2D eigenvalue weighted by Gasteiger charge is 2.18. The summed E-state index contributed by atoms with van der Waals surface area (Å²) in [5.41, 5.74) is 5.59. The molecule has 0 aliphatic carbocycles. The maximum atomic E-state index is 13.2. The number of rotatable bonds is 7. The molecule has 0 bridgehead atoms. The molecule has 4 aromatic rings. The fourth-order valence-corrected chi connectivity index (χ4v) is 3.81. The van der Waals surface area contributed by atoms with Crippen LogP contribution in [0, 0.1) is 13.8 Å². The number of aryl methyl sites for hydroxylation is 2. The average molecular weight is 465 g/mol. The second kappa shape index (κ2) is 10.7. The lowest BCUT2D eigenvalue weighted by molar-refractivity contribution is 0.0988. The minimum absolute atomic E-state index is 0.193. The molecule has 4 rings (SSSR count). The van der Waals surface area contributed by atoms with Crippen LogP contribution in [0.4, 0.5) is 11.4 Å². The Balaban J connectivity index is 1.45. The quantitative estimate of drug-likeness (QED) is 0.344. The Morgan fingerprint density at radius 3 is 2.17 bits per heavy atom. The van der Waals surface area contributed by atoms with Crippen molar-refractivity contribution >= 4 is 23.2 Å². The Morgan fingerprint density at radius 1 is 0.800 bits per heavy atom. The molecule has 4 aromatic carbocycles. The SMILES string of the molecule is Cc1ccc(NC(=O)c2ccc(C(=O)N(C)c3ccccc3OCc3ccccc3)cc2)c(C)c1. The van der Waals surface area contributed by atoms with Crippen LogP contribution in [-0.2, 0) is 6.61 Å². The largest absolute Gasteiger partial charge is 0.487 e. The van der Waals surface area contributed by atoms with Crippen molar-refractivity contribution in [2.45, 2.75) is 20.5 Å². The monoisotopic (exact) mass is 464 g/mol. The number of para-hydroxylation sites is 2. The summed E-state index contributed by atoms with van der Waals surface area (Å²) in [6, 6.07) is 29.9. The van der Waals surface area contributed by atoms with Gasteiger partial charge in [-0.15, -0.1) is 0 Å². The number of nitrogens with one attached hydrogen (secondary N) is 1. The zero-order chi connectivity index (χ0) is 24.8. The van der Waals surface area contributed by atoms with Gasteiger partial charge in [-0.2, -0.15) is 0 Å². The first kappa shape index (κ1) is 23.8. The highest BCUT2D eigenvalue weighted by molar-refractivity contribution is 6.08. The summed E-state index contributed by atoms with van der Waals surface area (Å²) in [5, 5.41) is 2.94. The predicted molar refractivity (Wildman–Crippen MR) is 140 cm³/mol. The topological polar surface area (TPSA) is 58.6 Å². The first-order valence-corrected chi connectivity index (χ1v) is 11.4. The Labute approximate surface area is 206 Å². The van der Waals surface area contributed by atoms with E-state index in [0.717, 1.165) is 22.4 Å². The number of ether oxygens (including phenoxy) is 1. The number of hydrogen-bond donors (Lipinski definition) is 1. The summed E-state index contributed by atoms with van der Waals surface area (Å²) in [7, 11) is 1.72. The summed E-state index contributed by atoms with van der Waals surface area (Å²) < 4.78 is 6.01. The third-order valence-corrected chi connectivity index (χ3v) is 5.79. The van der Waals surface area contributed by atoms with E-state index >= 15 is 0 Å². The van der Waals surface area contributed by atoms with Gasteiger partial charge in [-0.25, -0.2) is 0 Å². The molecule has 0 heterocycles. The molecule has 2 amide bonds. The van der Waals surface area contributed by atoms with Gasteiger partial charge in [-0.3, -0.25) is 9.59 Å². The summed E-state index contributed by atoms with van der Waals surface area (Å²) in [6.45, 7) is 4.38. The normalized spacial score (nSPS) is 10.5. The molecule has 0 aromatic heterocycles. The average Bonchev–Trinajstić information content (AvgIpc) is 2.89. The smallest absolute Gasteiger partial charge is 0.258 e. The van der Waals surface area contributed by atoms with Gasteiger partial charge < -0.3 is 15.0 Å². The maximum absolute atomic E-state index is 13.2. The van der Waals surface area contributed by atoms with Crippen LogP contribution in [0.3, 0.4) is 0 Å². The lowest BCUT2D eigenvalue weighted by Crippen LogP contribution is -2.26. The van der Waals surface area contributed by atoms with E-state index in [9.17, 15) is 9.59 Å². The van der Waals surface area contributed by atoms with Gasteiger partial charge in [-0.05, 0) is 67.4 Å². The fraction of sp³-hybridized carbons (Fsp3) is 0.133. The molecular weight excluding hydrogens is 436 g/mol. The Hall–Kier alpha value is -4.38. The number of benzene rings is 4. The Bertz CT molecular complexity index is 1330. The van der Waals surface area contributed by atoms with E-state index in [-0.39, 0.29) is 11.8 Å². The van der Waals surface area contributed by atoms with Crippen LogP contribution in [0.25, 0.3) is 0 Å². The molecule has 176 valence electrons. The molecule has 0 fully saturated rings. The van der Waals surface area contributed by atoms with Gasteiger partial charge in [0.05, 0.1) is 5.69 Å². The van der Waals surface area contributed by atoms with Gasteiger partial charge in [-0.1, -0.05) is 60.2 Å². The second-order valence-electron chi connectivity index (χ2n) is 8.46. The molecular formula is C30H28N2O3. The molecule has 0 radical (unpaired) electrons. The van der Waals surface area contributed by atoms with Crippen molar-refractivity contribution in [2.75, 3.05) is 17.3 Å². The highest BCUT2D eigenvalue weighted by atomic mass is 16.5. The highest BCUT2D eigenvalue weighted by Crippen LogP contribution is 2.29. The molecule has 0 spiro atoms. The van der Waals surface area contributed by atoms with Gasteiger partial charge in [0.2, 0.25) is 0 Å². The van der Waals surface area contributed by atoms with Crippen LogP contribution >= 0.6 is 0 Å².